The van der Waals surface area contributed by atoms with Crippen molar-refractivity contribution in [2.45, 2.75) is 19.3 Å². The Labute approximate surface area is 181 Å². The molecule has 0 amide bonds. The molecule has 3 nitrogen and oxygen atoms in total. The molecule has 3 heteroatoms. The lowest BCUT2D eigenvalue weighted by atomic mass is 9.94. The van der Waals surface area contributed by atoms with Crippen molar-refractivity contribution >= 4 is 32.4 Å². The second kappa shape index (κ2) is 6.98. The number of benzene rings is 4. The van der Waals surface area contributed by atoms with Crippen LogP contribution < -0.4 is 9.47 Å². The largest absolute Gasteiger partial charge is 0.493 e. The van der Waals surface area contributed by atoms with Crippen LogP contribution in [0, 0.1) is 0 Å². The summed E-state index contributed by atoms with van der Waals surface area (Å²) in [6, 6.07) is 23.7. The van der Waals surface area contributed by atoms with Gasteiger partial charge in [0.15, 0.2) is 11.5 Å². The minimum absolute atomic E-state index is 0.735. The lowest BCUT2D eigenvalue weighted by Gasteiger charge is -2.15. The van der Waals surface area contributed by atoms with Gasteiger partial charge in [0.25, 0.3) is 0 Å². The molecule has 0 atom stereocenters. The zero-order valence-electron chi connectivity index (χ0n) is 17.7. The highest BCUT2D eigenvalue weighted by atomic mass is 16.5. The highest BCUT2D eigenvalue weighted by molar-refractivity contribution is 6.13. The number of aryl methyl sites for hydroxylation is 1. The first-order valence-corrected chi connectivity index (χ1v) is 10.8. The minimum Gasteiger partial charge on any atom is -0.493 e. The molecule has 152 valence electrons. The van der Waals surface area contributed by atoms with Gasteiger partial charge in [0.1, 0.15) is 0 Å². The third-order valence-electron chi connectivity index (χ3n) is 6.56. The molecule has 0 saturated heterocycles. The van der Waals surface area contributed by atoms with Gasteiger partial charge in [-0.25, -0.2) is 4.98 Å². The predicted molar refractivity (Wildman–Crippen MR) is 127 cm³/mol. The van der Waals surface area contributed by atoms with E-state index in [0.29, 0.717) is 0 Å². The number of pyridine rings is 1. The SMILES string of the molecule is COc1ccc(-c2nc3ccc4cc5ccccc5cc4c3c3c2CCC3)cc1OC. The summed E-state index contributed by atoms with van der Waals surface area (Å²) in [6.45, 7) is 0. The lowest BCUT2D eigenvalue weighted by molar-refractivity contribution is 0.355. The van der Waals surface area contributed by atoms with Crippen LogP contribution in [0.2, 0.25) is 0 Å². The zero-order valence-corrected chi connectivity index (χ0v) is 17.7. The molecule has 0 radical (unpaired) electrons. The van der Waals surface area contributed by atoms with E-state index in [2.05, 4.69) is 54.6 Å². The summed E-state index contributed by atoms with van der Waals surface area (Å²) in [7, 11) is 3.34. The van der Waals surface area contributed by atoms with Crippen LogP contribution in [0.5, 0.6) is 11.5 Å². The summed E-state index contributed by atoms with van der Waals surface area (Å²) in [6.07, 6.45) is 3.33. The molecule has 0 fully saturated rings. The van der Waals surface area contributed by atoms with Crippen LogP contribution in [0.1, 0.15) is 17.5 Å². The molecule has 5 aromatic rings. The first-order valence-electron chi connectivity index (χ1n) is 10.8. The van der Waals surface area contributed by atoms with Crippen molar-refractivity contribution in [2.75, 3.05) is 14.2 Å². The number of hydrogen-bond acceptors (Lipinski definition) is 3. The molecule has 1 heterocycles. The van der Waals surface area contributed by atoms with Crippen molar-refractivity contribution in [2.24, 2.45) is 0 Å². The Balaban J connectivity index is 1.66. The van der Waals surface area contributed by atoms with E-state index in [1.54, 1.807) is 14.2 Å². The highest BCUT2D eigenvalue weighted by Crippen LogP contribution is 2.41. The Hall–Kier alpha value is -3.59. The van der Waals surface area contributed by atoms with Gasteiger partial charge in [-0.2, -0.15) is 0 Å². The van der Waals surface area contributed by atoms with Gasteiger partial charge in [-0.3, -0.25) is 0 Å². The Morgan fingerprint density at radius 2 is 1.48 bits per heavy atom. The number of ether oxygens (including phenoxy) is 2. The molecule has 1 aliphatic rings. The average Bonchev–Trinajstić information content (AvgIpc) is 3.31. The highest BCUT2D eigenvalue weighted by Gasteiger charge is 2.22. The number of fused-ring (bicyclic) bond motifs is 6. The molecule has 1 aromatic heterocycles. The molecule has 0 bridgehead atoms. The van der Waals surface area contributed by atoms with E-state index in [4.69, 9.17) is 14.5 Å². The van der Waals surface area contributed by atoms with E-state index in [-0.39, 0.29) is 0 Å². The molecule has 1 aliphatic carbocycles. The Bertz CT molecular complexity index is 1490. The van der Waals surface area contributed by atoms with Crippen LogP contribution in [0.3, 0.4) is 0 Å². The fourth-order valence-corrected chi connectivity index (χ4v) is 5.10. The molecule has 4 aromatic carbocycles. The third-order valence-corrected chi connectivity index (χ3v) is 6.56. The quantitative estimate of drug-likeness (QED) is 0.247. The van der Waals surface area contributed by atoms with E-state index >= 15 is 0 Å². The lowest BCUT2D eigenvalue weighted by Crippen LogP contribution is -1.98. The minimum atomic E-state index is 0.735. The van der Waals surface area contributed by atoms with Gasteiger partial charge in [-0.05, 0) is 88.3 Å². The van der Waals surface area contributed by atoms with Crippen molar-refractivity contribution in [3.63, 3.8) is 0 Å². The monoisotopic (exact) mass is 405 g/mol. The van der Waals surface area contributed by atoms with Gasteiger partial charge in [0.2, 0.25) is 0 Å². The zero-order chi connectivity index (χ0) is 20.9. The molecule has 0 unspecified atom stereocenters. The molecule has 0 saturated carbocycles. The van der Waals surface area contributed by atoms with E-state index < -0.39 is 0 Å². The Morgan fingerprint density at radius 3 is 2.29 bits per heavy atom. The second-order valence-electron chi connectivity index (χ2n) is 8.22. The normalized spacial score (nSPS) is 13.1. The van der Waals surface area contributed by atoms with Gasteiger partial charge in [0, 0.05) is 10.9 Å². The number of methoxy groups -OCH3 is 2. The number of nitrogens with zero attached hydrogens (tertiary/aromatic N) is 1. The van der Waals surface area contributed by atoms with E-state index in [1.165, 1.54) is 44.5 Å². The number of aromatic nitrogens is 1. The molecule has 0 N–H and O–H groups in total. The second-order valence-corrected chi connectivity index (χ2v) is 8.22. The predicted octanol–water partition coefficient (Wildman–Crippen LogP) is 6.71. The Kier molecular flexibility index (Phi) is 4.10. The van der Waals surface area contributed by atoms with Crippen LogP contribution in [0.25, 0.3) is 43.7 Å². The maximum absolute atomic E-state index is 5.55. The number of rotatable bonds is 3. The smallest absolute Gasteiger partial charge is 0.161 e. The van der Waals surface area contributed by atoms with Crippen molar-refractivity contribution in [3.8, 4) is 22.8 Å². The summed E-state index contributed by atoms with van der Waals surface area (Å²) in [5.74, 6) is 1.47. The van der Waals surface area contributed by atoms with Crippen LogP contribution in [0.15, 0.2) is 66.7 Å². The van der Waals surface area contributed by atoms with Crippen molar-refractivity contribution in [3.05, 3.63) is 77.9 Å². The van der Waals surface area contributed by atoms with Crippen LogP contribution in [-0.2, 0) is 12.8 Å². The van der Waals surface area contributed by atoms with Gasteiger partial charge in [-0.1, -0.05) is 30.3 Å². The summed E-state index contributed by atoms with van der Waals surface area (Å²) in [5.41, 5.74) is 6.04. The summed E-state index contributed by atoms with van der Waals surface area (Å²) in [4.78, 5) is 5.18. The van der Waals surface area contributed by atoms with Crippen molar-refractivity contribution in [1.82, 2.24) is 4.98 Å². The molecule has 0 aliphatic heterocycles. The van der Waals surface area contributed by atoms with Gasteiger partial charge in [0.05, 0.1) is 25.4 Å². The van der Waals surface area contributed by atoms with Gasteiger partial charge in [-0.15, -0.1) is 0 Å². The first kappa shape index (κ1) is 18.2. The molecule has 0 spiro atoms. The molecular formula is C28H23NO2. The first-order chi connectivity index (χ1) is 15.3. The maximum Gasteiger partial charge on any atom is 0.161 e. The Morgan fingerprint density at radius 1 is 0.710 bits per heavy atom. The van der Waals surface area contributed by atoms with Crippen molar-refractivity contribution < 1.29 is 9.47 Å². The average molecular weight is 405 g/mol. The van der Waals surface area contributed by atoms with Crippen LogP contribution >= 0.6 is 0 Å². The van der Waals surface area contributed by atoms with E-state index in [1.807, 2.05) is 12.1 Å². The standard InChI is InChI=1S/C28H23NO2/c1-30-25-13-11-20(16-26(25)31-2)28-22-9-5-8-21(22)27-23-15-18-7-4-3-6-17(18)14-19(23)10-12-24(27)29-28/h3-4,6-7,10-16H,5,8-9H2,1-2H3. The van der Waals surface area contributed by atoms with Crippen LogP contribution in [-0.4, -0.2) is 19.2 Å². The topological polar surface area (TPSA) is 31.4 Å². The van der Waals surface area contributed by atoms with Gasteiger partial charge < -0.3 is 9.47 Å². The fourth-order valence-electron chi connectivity index (χ4n) is 5.10. The summed E-state index contributed by atoms with van der Waals surface area (Å²) in [5, 5.41) is 6.46. The summed E-state index contributed by atoms with van der Waals surface area (Å²) < 4.78 is 11.0. The number of hydrogen-bond donors (Lipinski definition) is 0. The maximum atomic E-state index is 5.55. The third kappa shape index (κ3) is 2.77. The van der Waals surface area contributed by atoms with Gasteiger partial charge >= 0.3 is 0 Å². The van der Waals surface area contributed by atoms with E-state index in [9.17, 15) is 0 Å². The van der Waals surface area contributed by atoms with Crippen LogP contribution in [0.4, 0.5) is 0 Å². The van der Waals surface area contributed by atoms with E-state index in [0.717, 1.165) is 41.1 Å². The fraction of sp³-hybridized carbons (Fsp3) is 0.179. The van der Waals surface area contributed by atoms with Crippen molar-refractivity contribution in [1.29, 1.82) is 0 Å². The molecule has 31 heavy (non-hydrogen) atoms. The molecular weight excluding hydrogens is 382 g/mol. The molecule has 6 rings (SSSR count). The summed E-state index contributed by atoms with van der Waals surface area (Å²) >= 11 is 0.